The summed E-state index contributed by atoms with van der Waals surface area (Å²) < 4.78 is 0. The van der Waals surface area contributed by atoms with Gasteiger partial charge in [0.05, 0.1) is 0 Å². The van der Waals surface area contributed by atoms with Crippen LogP contribution >= 0.6 is 11.3 Å². The van der Waals surface area contributed by atoms with E-state index >= 15 is 0 Å². The van der Waals surface area contributed by atoms with Crippen molar-refractivity contribution < 1.29 is 9.90 Å². The minimum atomic E-state index is -0.865. The number of nitrogens with one attached hydrogen (secondary N) is 1. The number of hydrogen-bond donors (Lipinski definition) is 2. The molecule has 0 unspecified atom stereocenters. The van der Waals surface area contributed by atoms with Gasteiger partial charge in [0.25, 0.3) is 0 Å². The maximum Gasteiger partial charge on any atom is 0.345 e. The first kappa shape index (κ1) is 9.42. The molecule has 0 amide bonds. The van der Waals surface area contributed by atoms with Gasteiger partial charge in [-0.3, -0.25) is 0 Å². The number of aryl methyl sites for hydroxylation is 1. The summed E-state index contributed by atoms with van der Waals surface area (Å²) in [7, 11) is 0. The lowest BCUT2D eigenvalue weighted by molar-refractivity contribution is 0.0702. The van der Waals surface area contributed by atoms with E-state index in [-0.39, 0.29) is 0 Å². The van der Waals surface area contributed by atoms with E-state index in [1.165, 1.54) is 16.9 Å². The van der Waals surface area contributed by atoms with Crippen LogP contribution in [0.2, 0.25) is 0 Å². The largest absolute Gasteiger partial charge is 0.477 e. The van der Waals surface area contributed by atoms with Crippen LogP contribution in [-0.2, 0) is 0 Å². The van der Waals surface area contributed by atoms with Gasteiger partial charge in [-0.2, -0.15) is 0 Å². The molecule has 16 heavy (non-hydrogen) atoms. The van der Waals surface area contributed by atoms with Crippen LogP contribution in [0.15, 0.2) is 24.3 Å². The molecule has 0 spiro atoms. The normalized spacial score (nSPS) is 11.3. The predicted molar refractivity (Wildman–Crippen MR) is 65.4 cm³/mol. The monoisotopic (exact) mass is 231 g/mol. The summed E-state index contributed by atoms with van der Waals surface area (Å²) in [6.07, 6.45) is 0. The van der Waals surface area contributed by atoms with Crippen LogP contribution in [0.25, 0.3) is 21.1 Å². The van der Waals surface area contributed by atoms with Crippen molar-refractivity contribution >= 4 is 38.4 Å². The quantitative estimate of drug-likeness (QED) is 0.674. The third-order valence-electron chi connectivity index (χ3n) is 2.73. The molecule has 1 aromatic carbocycles. The highest BCUT2D eigenvalue weighted by Gasteiger charge is 2.13. The molecule has 0 bridgehead atoms. The molecule has 2 aromatic heterocycles. The lowest BCUT2D eigenvalue weighted by atomic mass is 10.1. The average Bonchev–Trinajstić information content (AvgIpc) is 2.73. The second-order valence-electron chi connectivity index (χ2n) is 3.78. The van der Waals surface area contributed by atoms with E-state index < -0.39 is 5.97 Å². The molecule has 0 aliphatic rings. The molecular formula is C12H9NO2S. The van der Waals surface area contributed by atoms with Crippen molar-refractivity contribution in [3.63, 3.8) is 0 Å². The van der Waals surface area contributed by atoms with Crippen molar-refractivity contribution in [1.82, 2.24) is 4.98 Å². The zero-order valence-corrected chi connectivity index (χ0v) is 9.39. The van der Waals surface area contributed by atoms with E-state index in [9.17, 15) is 4.79 Å². The Balaban J connectivity index is 2.46. The van der Waals surface area contributed by atoms with E-state index in [0.717, 1.165) is 21.1 Å². The highest BCUT2D eigenvalue weighted by atomic mass is 32.1. The van der Waals surface area contributed by atoms with Gasteiger partial charge in [-0.05, 0) is 24.6 Å². The molecule has 0 atom stereocenters. The van der Waals surface area contributed by atoms with Crippen LogP contribution in [0.4, 0.5) is 0 Å². The summed E-state index contributed by atoms with van der Waals surface area (Å²) in [5, 5.41) is 11.1. The number of aromatic amines is 1. The summed E-state index contributed by atoms with van der Waals surface area (Å²) in [6, 6.07) is 7.78. The minimum Gasteiger partial charge on any atom is -0.477 e. The summed E-state index contributed by atoms with van der Waals surface area (Å²) in [5.41, 5.74) is 2.23. The number of carbonyl (C=O) groups is 1. The molecule has 0 radical (unpaired) electrons. The van der Waals surface area contributed by atoms with Gasteiger partial charge in [0, 0.05) is 16.3 Å². The Hall–Kier alpha value is -1.81. The number of carboxylic acid groups (broad SMARTS) is 1. The third kappa shape index (κ3) is 1.17. The van der Waals surface area contributed by atoms with Gasteiger partial charge in [0.15, 0.2) is 0 Å². The topological polar surface area (TPSA) is 53.1 Å². The van der Waals surface area contributed by atoms with Crippen LogP contribution in [0.3, 0.4) is 0 Å². The second-order valence-corrected chi connectivity index (χ2v) is 4.83. The number of aromatic nitrogens is 1. The summed E-state index contributed by atoms with van der Waals surface area (Å²) in [4.78, 5) is 15.4. The molecule has 0 aliphatic carbocycles. The molecule has 4 heteroatoms. The van der Waals surface area contributed by atoms with Crippen molar-refractivity contribution in [3.8, 4) is 0 Å². The second kappa shape index (κ2) is 3.09. The third-order valence-corrected chi connectivity index (χ3v) is 3.77. The molecule has 80 valence electrons. The molecule has 3 nitrogen and oxygen atoms in total. The van der Waals surface area contributed by atoms with Crippen molar-refractivity contribution in [2.45, 2.75) is 6.92 Å². The summed E-state index contributed by atoms with van der Waals surface area (Å²) in [6.45, 7) is 2.04. The molecule has 2 heterocycles. The first-order valence-corrected chi connectivity index (χ1v) is 5.72. The van der Waals surface area contributed by atoms with Crippen molar-refractivity contribution in [2.24, 2.45) is 0 Å². The van der Waals surface area contributed by atoms with Crippen LogP contribution in [-0.4, -0.2) is 16.1 Å². The van der Waals surface area contributed by atoms with Gasteiger partial charge < -0.3 is 10.1 Å². The number of aromatic carboxylic acids is 1. The van der Waals surface area contributed by atoms with Gasteiger partial charge in [-0.15, -0.1) is 11.3 Å². The molecular weight excluding hydrogens is 222 g/mol. The minimum absolute atomic E-state index is 0.381. The first-order chi connectivity index (χ1) is 7.66. The average molecular weight is 231 g/mol. The Bertz CT molecular complexity index is 708. The Morgan fingerprint density at radius 2 is 2.25 bits per heavy atom. The van der Waals surface area contributed by atoms with Crippen molar-refractivity contribution in [1.29, 1.82) is 0 Å². The van der Waals surface area contributed by atoms with Gasteiger partial charge in [0.1, 0.15) is 9.71 Å². The highest BCUT2D eigenvalue weighted by Crippen LogP contribution is 2.33. The molecule has 0 aliphatic heterocycles. The Labute approximate surface area is 95.3 Å². The lowest BCUT2D eigenvalue weighted by Crippen LogP contribution is -1.89. The standard InChI is InChI=1S/C12H9NO2S/c1-6-3-2-4-8-10(6)7-5-9(12(14)15)16-11(7)13-8/h2-5,13H,1H3,(H,14,15). The maximum absolute atomic E-state index is 10.9. The van der Waals surface area contributed by atoms with Crippen LogP contribution in [0.5, 0.6) is 0 Å². The zero-order chi connectivity index (χ0) is 11.3. The van der Waals surface area contributed by atoms with Crippen LogP contribution in [0, 0.1) is 6.92 Å². The molecule has 2 N–H and O–H groups in total. The van der Waals surface area contributed by atoms with Gasteiger partial charge >= 0.3 is 5.97 Å². The highest BCUT2D eigenvalue weighted by molar-refractivity contribution is 7.20. The Morgan fingerprint density at radius 3 is 3.00 bits per heavy atom. The molecule has 0 fully saturated rings. The van der Waals surface area contributed by atoms with Crippen LogP contribution < -0.4 is 0 Å². The number of rotatable bonds is 1. The first-order valence-electron chi connectivity index (χ1n) is 4.91. The predicted octanol–water partition coefficient (Wildman–Crippen LogP) is 3.39. The Kier molecular flexibility index (Phi) is 1.82. The summed E-state index contributed by atoms with van der Waals surface area (Å²) in [5.74, 6) is -0.865. The number of carboxylic acids is 1. The fourth-order valence-corrected chi connectivity index (χ4v) is 2.94. The fraction of sp³-hybridized carbons (Fsp3) is 0.0833. The summed E-state index contributed by atoms with van der Waals surface area (Å²) >= 11 is 1.28. The number of thiophene rings is 1. The molecule has 3 aromatic rings. The number of hydrogen-bond acceptors (Lipinski definition) is 2. The van der Waals surface area contributed by atoms with E-state index in [4.69, 9.17) is 5.11 Å². The number of fused-ring (bicyclic) bond motifs is 3. The lowest BCUT2D eigenvalue weighted by Gasteiger charge is -1.94. The molecule has 0 saturated carbocycles. The van der Waals surface area contributed by atoms with Gasteiger partial charge in [-0.1, -0.05) is 12.1 Å². The van der Waals surface area contributed by atoms with Gasteiger partial charge in [0.2, 0.25) is 0 Å². The molecule has 0 saturated heterocycles. The van der Waals surface area contributed by atoms with Gasteiger partial charge in [-0.25, -0.2) is 4.79 Å². The maximum atomic E-state index is 10.9. The van der Waals surface area contributed by atoms with Crippen molar-refractivity contribution in [2.75, 3.05) is 0 Å². The SMILES string of the molecule is Cc1cccc2[nH]c3sc(C(=O)O)cc3c12. The van der Waals surface area contributed by atoms with E-state index in [1.54, 1.807) is 6.07 Å². The van der Waals surface area contributed by atoms with E-state index in [0.29, 0.717) is 4.88 Å². The number of benzene rings is 1. The smallest absolute Gasteiger partial charge is 0.345 e. The fourth-order valence-electron chi connectivity index (χ4n) is 2.03. The Morgan fingerprint density at radius 1 is 1.44 bits per heavy atom. The number of H-pyrrole nitrogens is 1. The van der Waals surface area contributed by atoms with E-state index in [2.05, 4.69) is 4.98 Å². The van der Waals surface area contributed by atoms with Crippen molar-refractivity contribution in [3.05, 3.63) is 34.7 Å². The molecule has 3 rings (SSSR count). The zero-order valence-electron chi connectivity index (χ0n) is 8.57. The van der Waals surface area contributed by atoms with Crippen LogP contribution in [0.1, 0.15) is 15.2 Å². The van der Waals surface area contributed by atoms with E-state index in [1.807, 2.05) is 25.1 Å².